The molecule has 0 radical (unpaired) electrons. The van der Waals surface area contributed by atoms with Gasteiger partial charge in [0.05, 0.1) is 23.8 Å². The summed E-state index contributed by atoms with van der Waals surface area (Å²) in [5, 5.41) is 4.68. The van der Waals surface area contributed by atoms with Gasteiger partial charge in [0.25, 0.3) is 15.9 Å². The summed E-state index contributed by atoms with van der Waals surface area (Å²) in [5.74, 6) is -1.05. The van der Waals surface area contributed by atoms with Gasteiger partial charge in [-0.25, -0.2) is 12.8 Å². The van der Waals surface area contributed by atoms with Gasteiger partial charge < -0.3 is 15.0 Å². The molecule has 2 heterocycles. The average Bonchev–Trinajstić information content (AvgIpc) is 3.31. The molecule has 1 N–H and O–H groups in total. The van der Waals surface area contributed by atoms with Crippen LogP contribution >= 0.6 is 11.3 Å². The van der Waals surface area contributed by atoms with Crippen molar-refractivity contribution in [2.45, 2.75) is 25.7 Å². The van der Waals surface area contributed by atoms with Crippen molar-refractivity contribution in [2.75, 3.05) is 47.9 Å². The molecule has 1 fully saturated rings. The van der Waals surface area contributed by atoms with Crippen LogP contribution in [0.5, 0.6) is 0 Å². The fourth-order valence-electron chi connectivity index (χ4n) is 4.45. The molecule has 1 aliphatic heterocycles. The van der Waals surface area contributed by atoms with Gasteiger partial charge in [-0.3, -0.25) is 9.10 Å². The van der Waals surface area contributed by atoms with Crippen LogP contribution in [-0.2, 0) is 14.8 Å². The summed E-state index contributed by atoms with van der Waals surface area (Å²) in [6.45, 7) is 8.83. The van der Waals surface area contributed by atoms with Crippen molar-refractivity contribution in [2.24, 2.45) is 0 Å². The van der Waals surface area contributed by atoms with Gasteiger partial charge in [0.2, 0.25) is 0 Å². The van der Waals surface area contributed by atoms with E-state index in [0.717, 1.165) is 57.2 Å². The lowest BCUT2D eigenvalue weighted by molar-refractivity contribution is 0.103. The van der Waals surface area contributed by atoms with Gasteiger partial charge in [-0.1, -0.05) is 12.1 Å². The lowest BCUT2D eigenvalue weighted by Gasteiger charge is -2.32. The molecule has 186 valence electrons. The maximum absolute atomic E-state index is 13.7. The van der Waals surface area contributed by atoms with E-state index in [9.17, 15) is 17.6 Å². The van der Waals surface area contributed by atoms with E-state index >= 15 is 0 Å². The van der Waals surface area contributed by atoms with Gasteiger partial charge in [-0.05, 0) is 67.1 Å². The number of carbonyl (C=O) groups is 1. The molecule has 0 aliphatic carbocycles. The monoisotopic (exact) mass is 517 g/mol. The van der Waals surface area contributed by atoms with E-state index in [1.54, 1.807) is 11.4 Å². The largest absolute Gasteiger partial charge is 0.378 e. The van der Waals surface area contributed by atoms with E-state index in [4.69, 9.17) is 4.74 Å². The van der Waals surface area contributed by atoms with Gasteiger partial charge in [-0.15, -0.1) is 11.3 Å². The van der Waals surface area contributed by atoms with Crippen LogP contribution in [0.1, 0.15) is 26.4 Å². The summed E-state index contributed by atoms with van der Waals surface area (Å²) < 4.78 is 46.4. The molecular formula is C25H28FN3O4S2. The third kappa shape index (κ3) is 4.91. The zero-order valence-electron chi connectivity index (χ0n) is 20.1. The Balaban J connectivity index is 1.65. The number of hydrogen-bond donors (Lipinski definition) is 1. The average molecular weight is 518 g/mol. The molecule has 10 heteroatoms. The molecule has 0 spiro atoms. The standard InChI is InChI=1S/C25H28FN3O4S2/c1-16-14-17(2)23(29-9-11-33-12-10-29)18(3)22(16)27-25(30)24-21(8-13-34-24)28(4)35(31,32)20-7-5-6-19(26)15-20/h5-8,13-15H,9-12H2,1-4H3,(H,27,30). The number of amides is 1. The number of thiophene rings is 1. The Bertz CT molecular complexity index is 1370. The second kappa shape index (κ2) is 9.96. The maximum atomic E-state index is 13.7. The first kappa shape index (κ1) is 25.2. The predicted molar refractivity (Wildman–Crippen MR) is 138 cm³/mol. The Morgan fingerprint density at radius 2 is 1.83 bits per heavy atom. The molecule has 0 bridgehead atoms. The molecule has 7 nitrogen and oxygen atoms in total. The van der Waals surface area contributed by atoms with Crippen molar-refractivity contribution in [3.05, 3.63) is 69.2 Å². The molecule has 1 amide bonds. The fraction of sp³-hybridized carbons (Fsp3) is 0.320. The van der Waals surface area contributed by atoms with E-state index in [1.807, 2.05) is 19.9 Å². The Morgan fingerprint density at radius 3 is 2.51 bits per heavy atom. The summed E-state index contributed by atoms with van der Waals surface area (Å²) in [6.07, 6.45) is 0. The van der Waals surface area contributed by atoms with Crippen molar-refractivity contribution in [3.8, 4) is 0 Å². The third-order valence-corrected chi connectivity index (χ3v) is 8.81. The number of benzene rings is 2. The van der Waals surface area contributed by atoms with Crippen LogP contribution in [0.25, 0.3) is 0 Å². The first-order valence-corrected chi connectivity index (χ1v) is 13.5. The Kier molecular flexibility index (Phi) is 7.16. The number of rotatable bonds is 6. The zero-order chi connectivity index (χ0) is 25.3. The molecule has 1 saturated heterocycles. The van der Waals surface area contributed by atoms with Crippen molar-refractivity contribution >= 4 is 44.3 Å². The molecule has 0 saturated carbocycles. The highest BCUT2D eigenvalue weighted by atomic mass is 32.2. The van der Waals surface area contributed by atoms with Crippen molar-refractivity contribution in [3.63, 3.8) is 0 Å². The third-order valence-electron chi connectivity index (χ3n) is 6.14. The summed E-state index contributed by atoms with van der Waals surface area (Å²) in [7, 11) is -2.70. The van der Waals surface area contributed by atoms with Crippen LogP contribution in [0.15, 0.2) is 46.7 Å². The highest BCUT2D eigenvalue weighted by Crippen LogP contribution is 2.36. The number of sulfonamides is 1. The highest BCUT2D eigenvalue weighted by Gasteiger charge is 2.27. The van der Waals surface area contributed by atoms with Crippen LogP contribution in [0.4, 0.5) is 21.5 Å². The number of ether oxygens (including phenoxy) is 1. The van der Waals surface area contributed by atoms with E-state index in [-0.39, 0.29) is 15.5 Å². The van der Waals surface area contributed by atoms with Crippen molar-refractivity contribution < 1.29 is 22.3 Å². The topological polar surface area (TPSA) is 79.0 Å². The number of carbonyl (C=O) groups excluding carboxylic acids is 1. The minimum Gasteiger partial charge on any atom is -0.378 e. The predicted octanol–water partition coefficient (Wildman–Crippen LogP) is 4.73. The van der Waals surface area contributed by atoms with E-state index < -0.39 is 21.7 Å². The summed E-state index contributed by atoms with van der Waals surface area (Å²) >= 11 is 1.15. The molecule has 3 aromatic rings. The smallest absolute Gasteiger partial charge is 0.267 e. The number of nitrogens with one attached hydrogen (secondary N) is 1. The summed E-state index contributed by atoms with van der Waals surface area (Å²) in [6, 6.07) is 8.43. The van der Waals surface area contributed by atoms with Gasteiger partial charge in [-0.2, -0.15) is 0 Å². The number of hydrogen-bond acceptors (Lipinski definition) is 6. The number of morpholine rings is 1. The molecule has 0 unspecified atom stereocenters. The van der Waals surface area contributed by atoms with Crippen LogP contribution < -0.4 is 14.5 Å². The minimum absolute atomic E-state index is 0.182. The second-order valence-corrected chi connectivity index (χ2v) is 11.4. The van der Waals surface area contributed by atoms with E-state index in [1.165, 1.54) is 25.2 Å². The van der Waals surface area contributed by atoms with Gasteiger partial charge in [0, 0.05) is 31.5 Å². The first-order chi connectivity index (χ1) is 16.6. The fourth-order valence-corrected chi connectivity index (χ4v) is 6.56. The lowest BCUT2D eigenvalue weighted by Crippen LogP contribution is -2.37. The molecule has 4 rings (SSSR count). The number of nitrogens with zero attached hydrogens (tertiary/aromatic N) is 2. The van der Waals surface area contributed by atoms with Gasteiger partial charge in [0.1, 0.15) is 10.7 Å². The molecule has 0 atom stereocenters. The highest BCUT2D eigenvalue weighted by molar-refractivity contribution is 7.92. The first-order valence-electron chi connectivity index (χ1n) is 11.2. The van der Waals surface area contributed by atoms with E-state index in [2.05, 4.69) is 17.1 Å². The van der Waals surface area contributed by atoms with Crippen molar-refractivity contribution in [1.29, 1.82) is 0 Å². The Hall–Kier alpha value is -2.95. The van der Waals surface area contributed by atoms with Crippen LogP contribution in [0.3, 0.4) is 0 Å². The van der Waals surface area contributed by atoms with Crippen LogP contribution in [0, 0.1) is 26.6 Å². The second-order valence-electron chi connectivity index (χ2n) is 8.48. The van der Waals surface area contributed by atoms with E-state index in [0.29, 0.717) is 18.9 Å². The zero-order valence-corrected chi connectivity index (χ0v) is 21.7. The van der Waals surface area contributed by atoms with Gasteiger partial charge in [0.15, 0.2) is 0 Å². The Labute approximate surface area is 209 Å². The van der Waals surface area contributed by atoms with Crippen LogP contribution in [0.2, 0.25) is 0 Å². The SMILES string of the molecule is Cc1cc(C)c(N2CCOCC2)c(C)c1NC(=O)c1sccc1N(C)S(=O)(=O)c1cccc(F)c1. The molecule has 1 aromatic heterocycles. The summed E-state index contributed by atoms with van der Waals surface area (Å²) in [5.41, 5.74) is 5.01. The number of halogens is 1. The minimum atomic E-state index is -4.06. The van der Waals surface area contributed by atoms with Crippen molar-refractivity contribution in [1.82, 2.24) is 0 Å². The molecule has 35 heavy (non-hydrogen) atoms. The molecular weight excluding hydrogens is 489 g/mol. The lowest BCUT2D eigenvalue weighted by atomic mass is 10.0. The normalized spacial score (nSPS) is 14.1. The quantitative estimate of drug-likeness (QED) is 0.512. The maximum Gasteiger partial charge on any atom is 0.267 e. The summed E-state index contributed by atoms with van der Waals surface area (Å²) in [4.78, 5) is 15.7. The van der Waals surface area contributed by atoms with Gasteiger partial charge >= 0.3 is 0 Å². The molecule has 1 aliphatic rings. The number of aryl methyl sites for hydroxylation is 2. The Morgan fingerprint density at radius 1 is 1.11 bits per heavy atom. The number of anilines is 3. The van der Waals surface area contributed by atoms with Crippen LogP contribution in [-0.4, -0.2) is 47.7 Å². The molecule has 2 aromatic carbocycles.